The Morgan fingerprint density at radius 2 is 1.88 bits per heavy atom. The van der Waals surface area contributed by atoms with Crippen molar-refractivity contribution < 1.29 is 4.43 Å². The van der Waals surface area contributed by atoms with Crippen molar-refractivity contribution in [2.75, 3.05) is 6.61 Å². The standard InChI is InChI=1S/C13H29NOSi/c1-8-11(9-2)12(14)10-15-16(6,7)13(3,4)5/h8,12H,9-10,14H2,1-7H3/t12-/m1/s1. The summed E-state index contributed by atoms with van der Waals surface area (Å²) in [6, 6.07) is 0.0594. The lowest BCUT2D eigenvalue weighted by Gasteiger charge is -2.37. The zero-order valence-corrected chi connectivity index (χ0v) is 13.1. The van der Waals surface area contributed by atoms with E-state index in [1.807, 2.05) is 6.92 Å². The predicted octanol–water partition coefficient (Wildman–Crippen LogP) is 3.69. The minimum Gasteiger partial charge on any atom is -0.415 e. The maximum Gasteiger partial charge on any atom is 0.192 e. The van der Waals surface area contributed by atoms with E-state index in [4.69, 9.17) is 10.2 Å². The highest BCUT2D eigenvalue weighted by Gasteiger charge is 2.37. The van der Waals surface area contributed by atoms with Crippen LogP contribution >= 0.6 is 0 Å². The fourth-order valence-electron chi connectivity index (χ4n) is 1.30. The van der Waals surface area contributed by atoms with Gasteiger partial charge >= 0.3 is 0 Å². The van der Waals surface area contributed by atoms with Gasteiger partial charge in [0.2, 0.25) is 0 Å². The third-order valence-electron chi connectivity index (χ3n) is 3.69. The number of nitrogens with two attached hydrogens (primary N) is 1. The first kappa shape index (κ1) is 15.9. The minimum absolute atomic E-state index is 0.0594. The van der Waals surface area contributed by atoms with Gasteiger partial charge in [-0.2, -0.15) is 0 Å². The van der Waals surface area contributed by atoms with Crippen molar-refractivity contribution >= 4 is 8.32 Å². The maximum absolute atomic E-state index is 6.12. The molecular weight excluding hydrogens is 214 g/mol. The average Bonchev–Trinajstić information content (AvgIpc) is 2.15. The third-order valence-corrected chi connectivity index (χ3v) is 8.19. The summed E-state index contributed by atoms with van der Waals surface area (Å²) in [6.07, 6.45) is 3.12. The zero-order chi connectivity index (χ0) is 13.0. The Balaban J connectivity index is 4.36. The van der Waals surface area contributed by atoms with Gasteiger partial charge in [-0.25, -0.2) is 0 Å². The molecule has 0 bridgehead atoms. The summed E-state index contributed by atoms with van der Waals surface area (Å²) in [5.41, 5.74) is 7.41. The van der Waals surface area contributed by atoms with Gasteiger partial charge in [0.05, 0.1) is 6.61 Å². The summed E-state index contributed by atoms with van der Waals surface area (Å²) < 4.78 is 6.11. The molecule has 2 N–H and O–H groups in total. The van der Waals surface area contributed by atoms with Crippen LogP contribution in [0.15, 0.2) is 11.6 Å². The molecule has 0 heterocycles. The second kappa shape index (κ2) is 5.99. The van der Waals surface area contributed by atoms with Crippen LogP contribution in [0.3, 0.4) is 0 Å². The molecule has 0 aliphatic heterocycles. The summed E-state index contributed by atoms with van der Waals surface area (Å²) in [5.74, 6) is 0. The van der Waals surface area contributed by atoms with Crippen LogP contribution in [-0.4, -0.2) is 21.0 Å². The van der Waals surface area contributed by atoms with E-state index in [-0.39, 0.29) is 11.1 Å². The second-order valence-electron chi connectivity index (χ2n) is 5.89. The second-order valence-corrected chi connectivity index (χ2v) is 10.7. The summed E-state index contributed by atoms with van der Waals surface area (Å²) in [4.78, 5) is 0. The van der Waals surface area contributed by atoms with Crippen molar-refractivity contribution in [2.24, 2.45) is 5.73 Å². The van der Waals surface area contributed by atoms with Gasteiger partial charge in [0.15, 0.2) is 8.32 Å². The molecule has 0 amide bonds. The van der Waals surface area contributed by atoms with E-state index < -0.39 is 8.32 Å². The molecule has 0 saturated heterocycles. The fourth-order valence-corrected chi connectivity index (χ4v) is 2.33. The number of hydrogen-bond acceptors (Lipinski definition) is 2. The predicted molar refractivity (Wildman–Crippen MR) is 75.2 cm³/mol. The number of allylic oxidation sites excluding steroid dienone is 1. The van der Waals surface area contributed by atoms with Crippen molar-refractivity contribution in [3.8, 4) is 0 Å². The van der Waals surface area contributed by atoms with E-state index in [0.717, 1.165) is 6.42 Å². The Hall–Kier alpha value is -0.123. The van der Waals surface area contributed by atoms with Gasteiger partial charge in [0.1, 0.15) is 0 Å². The molecule has 0 saturated carbocycles. The normalized spacial score (nSPS) is 16.4. The summed E-state index contributed by atoms with van der Waals surface area (Å²) in [6.45, 7) is 16.1. The van der Waals surface area contributed by atoms with Gasteiger partial charge in [0.25, 0.3) is 0 Å². The molecule has 0 aliphatic carbocycles. The van der Waals surface area contributed by atoms with Crippen LogP contribution in [0.2, 0.25) is 18.1 Å². The smallest absolute Gasteiger partial charge is 0.192 e. The quantitative estimate of drug-likeness (QED) is 0.590. The van der Waals surface area contributed by atoms with Gasteiger partial charge in [-0.15, -0.1) is 0 Å². The topological polar surface area (TPSA) is 35.2 Å². The van der Waals surface area contributed by atoms with E-state index >= 15 is 0 Å². The molecule has 0 aromatic carbocycles. The average molecular weight is 243 g/mol. The molecule has 0 unspecified atom stereocenters. The van der Waals surface area contributed by atoms with Crippen molar-refractivity contribution in [2.45, 2.75) is 65.2 Å². The van der Waals surface area contributed by atoms with E-state index in [1.54, 1.807) is 0 Å². The van der Waals surface area contributed by atoms with Gasteiger partial charge in [-0.1, -0.05) is 39.3 Å². The maximum atomic E-state index is 6.12. The highest BCUT2D eigenvalue weighted by molar-refractivity contribution is 6.74. The van der Waals surface area contributed by atoms with Crippen LogP contribution in [0.1, 0.15) is 41.0 Å². The largest absolute Gasteiger partial charge is 0.415 e. The molecule has 0 rings (SSSR count). The Labute approximate surface area is 102 Å². The van der Waals surface area contributed by atoms with Crippen molar-refractivity contribution in [3.05, 3.63) is 11.6 Å². The molecule has 16 heavy (non-hydrogen) atoms. The minimum atomic E-state index is -1.65. The lowest BCUT2D eigenvalue weighted by molar-refractivity contribution is 0.273. The monoisotopic (exact) mass is 243 g/mol. The molecular formula is C13H29NOSi. The van der Waals surface area contributed by atoms with Crippen LogP contribution in [0, 0.1) is 0 Å². The summed E-state index contributed by atoms with van der Waals surface area (Å²) in [5, 5.41) is 0.259. The third kappa shape index (κ3) is 4.40. The molecule has 2 nitrogen and oxygen atoms in total. The van der Waals surface area contributed by atoms with Crippen LogP contribution in [0.4, 0.5) is 0 Å². The Kier molecular flexibility index (Phi) is 5.94. The Bertz CT molecular complexity index is 241. The van der Waals surface area contributed by atoms with Gasteiger partial charge in [0, 0.05) is 6.04 Å². The van der Waals surface area contributed by atoms with E-state index in [1.165, 1.54) is 5.57 Å². The van der Waals surface area contributed by atoms with Gasteiger partial charge in [-0.3, -0.25) is 0 Å². The number of hydrogen-bond donors (Lipinski definition) is 1. The molecule has 1 atom stereocenters. The molecule has 0 fully saturated rings. The van der Waals surface area contributed by atoms with Crippen LogP contribution in [-0.2, 0) is 4.43 Å². The van der Waals surface area contributed by atoms with Crippen molar-refractivity contribution in [1.82, 2.24) is 0 Å². The first-order valence-electron chi connectivity index (χ1n) is 6.20. The van der Waals surface area contributed by atoms with Crippen LogP contribution in [0.25, 0.3) is 0 Å². The van der Waals surface area contributed by atoms with E-state index in [9.17, 15) is 0 Å². The fraction of sp³-hybridized carbons (Fsp3) is 0.846. The van der Waals surface area contributed by atoms with Gasteiger partial charge < -0.3 is 10.2 Å². The van der Waals surface area contributed by atoms with E-state index in [0.29, 0.717) is 6.61 Å². The van der Waals surface area contributed by atoms with Crippen molar-refractivity contribution in [3.63, 3.8) is 0 Å². The summed E-state index contributed by atoms with van der Waals surface area (Å²) >= 11 is 0. The highest BCUT2D eigenvalue weighted by atomic mass is 28.4. The van der Waals surface area contributed by atoms with E-state index in [2.05, 4.69) is 46.9 Å². The van der Waals surface area contributed by atoms with Crippen molar-refractivity contribution in [1.29, 1.82) is 0 Å². The lowest BCUT2D eigenvalue weighted by Crippen LogP contribution is -2.44. The molecule has 0 spiro atoms. The molecule has 0 aromatic rings. The SMILES string of the molecule is CC=C(CC)[C@H](N)CO[Si](C)(C)C(C)(C)C. The Morgan fingerprint density at radius 3 is 2.19 bits per heavy atom. The molecule has 3 heteroatoms. The Morgan fingerprint density at radius 1 is 1.38 bits per heavy atom. The highest BCUT2D eigenvalue weighted by Crippen LogP contribution is 2.36. The zero-order valence-electron chi connectivity index (χ0n) is 12.1. The van der Waals surface area contributed by atoms with Crippen LogP contribution < -0.4 is 5.73 Å². The molecule has 0 aliphatic rings. The lowest BCUT2D eigenvalue weighted by atomic mass is 10.1. The summed E-state index contributed by atoms with van der Waals surface area (Å²) in [7, 11) is -1.65. The first-order chi connectivity index (χ1) is 7.15. The van der Waals surface area contributed by atoms with Crippen LogP contribution in [0.5, 0.6) is 0 Å². The molecule has 0 aromatic heterocycles. The number of rotatable bonds is 5. The molecule has 0 radical (unpaired) electrons. The first-order valence-corrected chi connectivity index (χ1v) is 9.11. The van der Waals surface area contributed by atoms with Gasteiger partial charge in [-0.05, 0) is 31.5 Å². The molecule has 96 valence electrons.